The van der Waals surface area contributed by atoms with Gasteiger partial charge in [-0.3, -0.25) is 0 Å². The van der Waals surface area contributed by atoms with Crippen molar-refractivity contribution in [2.75, 3.05) is 13.2 Å². The fourth-order valence-electron chi connectivity index (χ4n) is 6.09. The summed E-state index contributed by atoms with van der Waals surface area (Å²) in [5.41, 5.74) is 6.59. The van der Waals surface area contributed by atoms with E-state index in [1.807, 2.05) is 79.7 Å². The van der Waals surface area contributed by atoms with Crippen LogP contribution in [0.1, 0.15) is 52.8 Å². The zero-order chi connectivity index (χ0) is 33.0. The van der Waals surface area contributed by atoms with Gasteiger partial charge < -0.3 is 23.7 Å². The van der Waals surface area contributed by atoms with Crippen molar-refractivity contribution >= 4 is 11.6 Å². The van der Waals surface area contributed by atoms with Gasteiger partial charge in [-0.15, -0.1) is 0 Å². The number of ether oxygens (including phenoxy) is 5. The average Bonchev–Trinajstić information content (AvgIpc) is 3.13. The Morgan fingerprint density at radius 3 is 1.90 bits per heavy atom. The van der Waals surface area contributed by atoms with Crippen LogP contribution in [0.2, 0.25) is 5.02 Å². The first-order chi connectivity index (χ1) is 23.6. The lowest BCUT2D eigenvalue weighted by atomic mass is 9.92. The molecule has 5 nitrogen and oxygen atoms in total. The van der Waals surface area contributed by atoms with Gasteiger partial charge in [0, 0.05) is 11.4 Å². The lowest BCUT2D eigenvalue weighted by molar-refractivity contribution is -0.222. The summed E-state index contributed by atoms with van der Waals surface area (Å²) < 4.78 is 32.2. The molecule has 48 heavy (non-hydrogen) atoms. The molecule has 6 heteroatoms. The van der Waals surface area contributed by atoms with Crippen molar-refractivity contribution in [1.29, 1.82) is 0 Å². The molecule has 0 bridgehead atoms. The summed E-state index contributed by atoms with van der Waals surface area (Å²) >= 11 is 6.76. The Morgan fingerprint density at radius 2 is 1.27 bits per heavy atom. The first kappa shape index (κ1) is 33.9. The van der Waals surface area contributed by atoms with Crippen LogP contribution in [0.4, 0.5) is 0 Å². The normalized spacial score (nSPS) is 19.2. The average molecular weight is 663 g/mol. The molecule has 0 spiro atoms. The lowest BCUT2D eigenvalue weighted by Gasteiger charge is -2.42. The van der Waals surface area contributed by atoms with Crippen molar-refractivity contribution in [3.63, 3.8) is 0 Å². The highest BCUT2D eigenvalue weighted by Gasteiger charge is 2.41. The Labute approximate surface area is 289 Å². The number of benzene rings is 5. The minimum atomic E-state index is -0.359. The molecule has 1 saturated heterocycles. The second kappa shape index (κ2) is 17.4. The van der Waals surface area contributed by atoms with Crippen molar-refractivity contribution in [2.24, 2.45) is 0 Å². The fourth-order valence-corrected chi connectivity index (χ4v) is 6.27. The Hall–Kier alpha value is -3.97. The Morgan fingerprint density at radius 1 is 0.667 bits per heavy atom. The van der Waals surface area contributed by atoms with E-state index in [4.69, 9.17) is 35.3 Å². The van der Waals surface area contributed by atoms with E-state index in [-0.39, 0.29) is 24.4 Å². The van der Waals surface area contributed by atoms with E-state index >= 15 is 0 Å². The summed E-state index contributed by atoms with van der Waals surface area (Å²) in [4.78, 5) is 0. The molecule has 1 heterocycles. The van der Waals surface area contributed by atoms with Gasteiger partial charge in [0.1, 0.15) is 18.0 Å². The number of hydrogen-bond donors (Lipinski definition) is 0. The third-order valence-electron chi connectivity index (χ3n) is 8.57. The van der Waals surface area contributed by atoms with Gasteiger partial charge in [0.15, 0.2) is 0 Å². The molecule has 0 N–H and O–H groups in total. The highest BCUT2D eigenvalue weighted by molar-refractivity contribution is 6.31. The van der Waals surface area contributed by atoms with Crippen LogP contribution in [-0.2, 0) is 45.2 Å². The summed E-state index contributed by atoms with van der Waals surface area (Å²) in [6.07, 6.45) is 0.170. The van der Waals surface area contributed by atoms with Crippen LogP contribution in [0, 0.1) is 0 Å². The molecule has 0 aromatic heterocycles. The molecule has 1 unspecified atom stereocenters. The Bertz CT molecular complexity index is 1660. The van der Waals surface area contributed by atoms with Gasteiger partial charge >= 0.3 is 0 Å². The van der Waals surface area contributed by atoms with Gasteiger partial charge in [0.25, 0.3) is 0 Å². The van der Waals surface area contributed by atoms with Crippen molar-refractivity contribution in [2.45, 2.75) is 64.0 Å². The van der Waals surface area contributed by atoms with E-state index in [1.54, 1.807) is 0 Å². The van der Waals surface area contributed by atoms with Gasteiger partial charge in [-0.2, -0.15) is 0 Å². The third-order valence-corrected chi connectivity index (χ3v) is 8.94. The Balaban J connectivity index is 1.25. The lowest BCUT2D eigenvalue weighted by Crippen LogP contribution is -2.50. The van der Waals surface area contributed by atoms with Crippen LogP contribution in [-0.4, -0.2) is 31.5 Å². The number of rotatable bonds is 15. The van der Waals surface area contributed by atoms with E-state index in [0.29, 0.717) is 45.9 Å². The maximum absolute atomic E-state index is 6.89. The van der Waals surface area contributed by atoms with Gasteiger partial charge in [-0.1, -0.05) is 127 Å². The smallest absolute Gasteiger partial charge is 0.119 e. The monoisotopic (exact) mass is 662 g/mol. The molecule has 5 aromatic carbocycles. The van der Waals surface area contributed by atoms with E-state index in [1.165, 1.54) is 0 Å². The second-order valence-corrected chi connectivity index (χ2v) is 12.5. The molecule has 1 fully saturated rings. The quantitative estimate of drug-likeness (QED) is 0.112. The molecule has 0 aliphatic carbocycles. The van der Waals surface area contributed by atoms with Crippen molar-refractivity contribution in [3.05, 3.63) is 172 Å². The largest absolute Gasteiger partial charge is 0.494 e. The van der Waals surface area contributed by atoms with Crippen molar-refractivity contribution < 1.29 is 23.7 Å². The number of halogens is 1. The van der Waals surface area contributed by atoms with Crippen LogP contribution in [0.3, 0.4) is 0 Å². The zero-order valence-corrected chi connectivity index (χ0v) is 28.1. The standard InChI is InChI=1S/C42H43ClO5/c1-2-45-37-21-18-31(19-22-37)24-36-25-35(20-23-38(36)43)39-26-40(46-28-33-14-8-4-9-15-33)42(47-29-34-16-10-5-11-17-34)41(48-39)30-44-27-32-12-6-3-7-13-32/h3-23,25,39-42H,2,24,26-30H2,1H3/t39-,40-,41?,42+/m1/s1. The van der Waals surface area contributed by atoms with Gasteiger partial charge in [0.05, 0.1) is 45.2 Å². The summed E-state index contributed by atoms with van der Waals surface area (Å²) in [7, 11) is 0. The predicted octanol–water partition coefficient (Wildman–Crippen LogP) is 9.55. The minimum Gasteiger partial charge on any atom is -0.494 e. The molecule has 1 aliphatic rings. The summed E-state index contributed by atoms with van der Waals surface area (Å²) in [5, 5.41) is 0.729. The molecule has 0 saturated carbocycles. The molecule has 248 valence electrons. The molecule has 1 aliphatic heterocycles. The summed E-state index contributed by atoms with van der Waals surface area (Å²) in [6, 6.07) is 45.1. The van der Waals surface area contributed by atoms with Crippen LogP contribution >= 0.6 is 11.6 Å². The molecular weight excluding hydrogens is 620 g/mol. The van der Waals surface area contributed by atoms with Gasteiger partial charge in [-0.05, 0) is 64.9 Å². The third kappa shape index (κ3) is 9.56. The van der Waals surface area contributed by atoms with Gasteiger partial charge in [0.2, 0.25) is 0 Å². The van der Waals surface area contributed by atoms with Crippen molar-refractivity contribution in [3.8, 4) is 5.75 Å². The molecule has 0 amide bonds. The van der Waals surface area contributed by atoms with Crippen LogP contribution < -0.4 is 4.74 Å². The molecule has 6 rings (SSSR count). The molecule has 5 aromatic rings. The van der Waals surface area contributed by atoms with Crippen LogP contribution in [0.25, 0.3) is 0 Å². The topological polar surface area (TPSA) is 46.2 Å². The first-order valence-corrected chi connectivity index (χ1v) is 17.1. The second-order valence-electron chi connectivity index (χ2n) is 12.1. The zero-order valence-electron chi connectivity index (χ0n) is 27.4. The molecular formula is C42H43ClO5. The number of hydrogen-bond acceptors (Lipinski definition) is 5. The Kier molecular flexibility index (Phi) is 12.3. The van der Waals surface area contributed by atoms with E-state index in [0.717, 1.165) is 44.2 Å². The minimum absolute atomic E-state index is 0.232. The maximum Gasteiger partial charge on any atom is 0.119 e. The molecule has 0 radical (unpaired) electrons. The molecule has 4 atom stereocenters. The maximum atomic E-state index is 6.89. The predicted molar refractivity (Wildman–Crippen MR) is 190 cm³/mol. The van der Waals surface area contributed by atoms with Gasteiger partial charge in [-0.25, -0.2) is 0 Å². The fraction of sp³-hybridized carbons (Fsp3) is 0.286. The van der Waals surface area contributed by atoms with Crippen LogP contribution in [0.5, 0.6) is 5.75 Å². The van der Waals surface area contributed by atoms with E-state index < -0.39 is 0 Å². The van der Waals surface area contributed by atoms with E-state index in [2.05, 4.69) is 60.7 Å². The van der Waals surface area contributed by atoms with E-state index in [9.17, 15) is 0 Å². The SMILES string of the molecule is CCOc1ccc(Cc2cc([C@H]3C[C@@H](OCc4ccccc4)[C@H](OCc4ccccc4)C(COCc4ccccc4)O3)ccc2Cl)cc1. The van der Waals surface area contributed by atoms with Crippen molar-refractivity contribution in [1.82, 2.24) is 0 Å². The van der Waals surface area contributed by atoms with Crippen LogP contribution in [0.15, 0.2) is 133 Å². The highest BCUT2D eigenvalue weighted by atomic mass is 35.5. The highest BCUT2D eigenvalue weighted by Crippen LogP contribution is 2.37. The summed E-state index contributed by atoms with van der Waals surface area (Å²) in [5.74, 6) is 0.864. The first-order valence-electron chi connectivity index (χ1n) is 16.7. The summed E-state index contributed by atoms with van der Waals surface area (Å²) in [6.45, 7) is 4.41.